The van der Waals surface area contributed by atoms with Crippen LogP contribution in [0.1, 0.15) is 39.5 Å². The quantitative estimate of drug-likeness (QED) is 0.427. The zero-order valence-corrected chi connectivity index (χ0v) is 16.7. The summed E-state index contributed by atoms with van der Waals surface area (Å²) in [6, 6.07) is 0. The maximum absolute atomic E-state index is 4.54. The molecule has 0 bridgehead atoms. The maximum atomic E-state index is 4.54. The monoisotopic (exact) mass is 423 g/mol. The highest BCUT2D eigenvalue weighted by Gasteiger charge is 2.53. The van der Waals surface area contributed by atoms with E-state index < -0.39 is 0 Å². The highest BCUT2D eigenvalue weighted by atomic mass is 127. The molecule has 1 unspecified atom stereocenters. The third-order valence-electron chi connectivity index (χ3n) is 5.28. The van der Waals surface area contributed by atoms with E-state index >= 15 is 0 Å². The van der Waals surface area contributed by atoms with Gasteiger partial charge in [-0.3, -0.25) is 4.99 Å². The summed E-state index contributed by atoms with van der Waals surface area (Å²) in [6.45, 7) is 8.12. The van der Waals surface area contributed by atoms with Crippen molar-refractivity contribution in [1.82, 2.24) is 10.2 Å². The fraction of sp³-hybridized carbons (Fsp3) is 0.938. The standard InChI is InChI=1S/C16H29N3S.HI/c1-12(2)14-10-19(8-9-20-14)15(17-3)18-11-16(6-7-16)13-4-5-13;/h12-14H,4-11H2,1-3H3,(H,17,18);1H. The van der Waals surface area contributed by atoms with Crippen molar-refractivity contribution in [3.8, 4) is 0 Å². The predicted octanol–water partition coefficient (Wildman–Crippen LogP) is 3.44. The third kappa shape index (κ3) is 4.21. The molecule has 0 aromatic rings. The van der Waals surface area contributed by atoms with Crippen LogP contribution in [0.15, 0.2) is 4.99 Å². The highest BCUT2D eigenvalue weighted by molar-refractivity contribution is 14.0. The van der Waals surface area contributed by atoms with Crippen molar-refractivity contribution in [3.63, 3.8) is 0 Å². The number of hydrogen-bond donors (Lipinski definition) is 1. The normalized spacial score (nSPS) is 28.3. The molecule has 1 saturated heterocycles. The molecule has 0 amide bonds. The Hall–Kier alpha value is 0.350. The van der Waals surface area contributed by atoms with Gasteiger partial charge in [-0.25, -0.2) is 0 Å². The molecule has 1 heterocycles. The Morgan fingerprint density at radius 2 is 2.10 bits per heavy atom. The van der Waals surface area contributed by atoms with Crippen LogP contribution in [0.4, 0.5) is 0 Å². The average molecular weight is 423 g/mol. The fourth-order valence-corrected chi connectivity index (χ4v) is 4.74. The Bertz CT molecular complexity index is 378. The third-order valence-corrected chi connectivity index (χ3v) is 6.82. The summed E-state index contributed by atoms with van der Waals surface area (Å²) < 4.78 is 0. The van der Waals surface area contributed by atoms with Crippen LogP contribution in [-0.4, -0.2) is 48.5 Å². The Kier molecular flexibility index (Phi) is 6.14. The molecule has 2 saturated carbocycles. The van der Waals surface area contributed by atoms with E-state index in [0.717, 1.165) is 42.7 Å². The second-order valence-corrected chi connectivity index (χ2v) is 8.48. The molecule has 0 spiro atoms. The lowest BCUT2D eigenvalue weighted by Gasteiger charge is -2.36. The van der Waals surface area contributed by atoms with Crippen molar-refractivity contribution in [2.24, 2.45) is 22.2 Å². The van der Waals surface area contributed by atoms with Crippen molar-refractivity contribution in [1.29, 1.82) is 0 Å². The first-order chi connectivity index (χ1) is 9.64. The van der Waals surface area contributed by atoms with E-state index in [1.165, 1.54) is 31.4 Å². The summed E-state index contributed by atoms with van der Waals surface area (Å²) in [4.78, 5) is 7.01. The van der Waals surface area contributed by atoms with Crippen molar-refractivity contribution < 1.29 is 0 Å². The second kappa shape index (κ2) is 7.28. The Morgan fingerprint density at radius 3 is 2.62 bits per heavy atom. The molecule has 122 valence electrons. The zero-order chi connectivity index (χ0) is 14.2. The molecule has 3 aliphatic rings. The maximum Gasteiger partial charge on any atom is 0.193 e. The largest absolute Gasteiger partial charge is 0.356 e. The van der Waals surface area contributed by atoms with Crippen LogP contribution in [0.3, 0.4) is 0 Å². The lowest BCUT2D eigenvalue weighted by Crippen LogP contribution is -2.50. The number of nitrogens with zero attached hydrogens (tertiary/aromatic N) is 2. The first-order valence-electron chi connectivity index (χ1n) is 8.22. The van der Waals surface area contributed by atoms with E-state index in [9.17, 15) is 0 Å². The van der Waals surface area contributed by atoms with Crippen LogP contribution < -0.4 is 5.32 Å². The molecular weight excluding hydrogens is 393 g/mol. The van der Waals surface area contributed by atoms with Gasteiger partial charge < -0.3 is 10.2 Å². The van der Waals surface area contributed by atoms with Crippen LogP contribution >= 0.6 is 35.7 Å². The van der Waals surface area contributed by atoms with Gasteiger partial charge in [0.15, 0.2) is 5.96 Å². The Morgan fingerprint density at radius 1 is 1.38 bits per heavy atom. The van der Waals surface area contributed by atoms with Gasteiger partial charge in [-0.2, -0.15) is 11.8 Å². The molecule has 2 aliphatic carbocycles. The van der Waals surface area contributed by atoms with E-state index in [1.807, 2.05) is 7.05 Å². The van der Waals surface area contributed by atoms with Gasteiger partial charge in [-0.05, 0) is 42.9 Å². The molecule has 1 N–H and O–H groups in total. The molecule has 0 aromatic carbocycles. The lowest BCUT2D eigenvalue weighted by molar-refractivity contribution is 0.366. The molecular formula is C16H30IN3S. The molecule has 21 heavy (non-hydrogen) atoms. The van der Waals surface area contributed by atoms with Crippen molar-refractivity contribution in [2.45, 2.75) is 44.8 Å². The minimum atomic E-state index is 0. The first-order valence-corrected chi connectivity index (χ1v) is 9.27. The number of guanidine groups is 1. The Balaban J connectivity index is 0.00000161. The van der Waals surface area contributed by atoms with Crippen LogP contribution in [-0.2, 0) is 0 Å². The average Bonchev–Trinajstić information content (AvgIpc) is 3.32. The van der Waals surface area contributed by atoms with Gasteiger partial charge in [0.05, 0.1) is 0 Å². The number of thioether (sulfide) groups is 1. The van der Waals surface area contributed by atoms with Crippen molar-refractivity contribution in [2.75, 3.05) is 32.4 Å². The molecule has 3 nitrogen and oxygen atoms in total. The van der Waals surface area contributed by atoms with Gasteiger partial charge in [0.2, 0.25) is 0 Å². The minimum absolute atomic E-state index is 0. The van der Waals surface area contributed by atoms with Crippen LogP contribution in [0.5, 0.6) is 0 Å². The molecule has 1 atom stereocenters. The molecule has 5 heteroatoms. The number of hydrogen-bond acceptors (Lipinski definition) is 2. The Labute approximate surface area is 151 Å². The molecule has 1 aliphatic heterocycles. The number of aliphatic imine (C=N–C) groups is 1. The lowest BCUT2D eigenvalue weighted by atomic mass is 10.0. The van der Waals surface area contributed by atoms with Gasteiger partial charge in [-0.15, -0.1) is 24.0 Å². The summed E-state index contributed by atoms with van der Waals surface area (Å²) in [6.07, 6.45) is 5.81. The van der Waals surface area contributed by atoms with Crippen LogP contribution in [0, 0.1) is 17.3 Å². The number of rotatable bonds is 4. The zero-order valence-electron chi connectivity index (χ0n) is 13.6. The topological polar surface area (TPSA) is 27.6 Å². The van der Waals surface area contributed by atoms with Gasteiger partial charge in [0.25, 0.3) is 0 Å². The van der Waals surface area contributed by atoms with Crippen LogP contribution in [0.25, 0.3) is 0 Å². The minimum Gasteiger partial charge on any atom is -0.356 e. The molecule has 3 rings (SSSR count). The summed E-state index contributed by atoms with van der Waals surface area (Å²) >= 11 is 2.13. The molecule has 3 fully saturated rings. The molecule has 0 radical (unpaired) electrons. The number of halogens is 1. The highest BCUT2D eigenvalue weighted by Crippen LogP contribution is 2.60. The first kappa shape index (κ1) is 17.7. The van der Waals surface area contributed by atoms with Gasteiger partial charge in [0, 0.05) is 37.7 Å². The fourth-order valence-electron chi connectivity index (χ4n) is 3.44. The summed E-state index contributed by atoms with van der Waals surface area (Å²) in [5.41, 5.74) is 0.651. The van der Waals surface area contributed by atoms with E-state index in [1.54, 1.807) is 0 Å². The van der Waals surface area contributed by atoms with E-state index in [4.69, 9.17) is 0 Å². The van der Waals surface area contributed by atoms with Gasteiger partial charge >= 0.3 is 0 Å². The SMILES string of the molecule is CN=C(NCC1(C2CC2)CC1)N1CCSC(C(C)C)C1.I. The summed E-state index contributed by atoms with van der Waals surface area (Å²) in [5, 5.41) is 4.44. The second-order valence-electron chi connectivity index (χ2n) is 7.14. The van der Waals surface area contributed by atoms with Gasteiger partial charge in [0.1, 0.15) is 0 Å². The van der Waals surface area contributed by atoms with Crippen LogP contribution in [0.2, 0.25) is 0 Å². The van der Waals surface area contributed by atoms with Crippen molar-refractivity contribution in [3.05, 3.63) is 0 Å². The summed E-state index contributed by atoms with van der Waals surface area (Å²) in [5.74, 6) is 4.15. The summed E-state index contributed by atoms with van der Waals surface area (Å²) in [7, 11) is 1.94. The van der Waals surface area contributed by atoms with E-state index in [0.29, 0.717) is 5.41 Å². The van der Waals surface area contributed by atoms with Gasteiger partial charge in [-0.1, -0.05) is 13.8 Å². The predicted molar refractivity (Wildman–Crippen MR) is 104 cm³/mol. The smallest absolute Gasteiger partial charge is 0.193 e. The molecule has 0 aromatic heterocycles. The van der Waals surface area contributed by atoms with Crippen molar-refractivity contribution >= 4 is 41.7 Å². The number of nitrogens with one attached hydrogen (secondary N) is 1. The van der Waals surface area contributed by atoms with E-state index in [2.05, 4.69) is 40.8 Å². The van der Waals surface area contributed by atoms with E-state index in [-0.39, 0.29) is 24.0 Å².